The van der Waals surface area contributed by atoms with Crippen molar-refractivity contribution in [3.8, 4) is 0 Å². The highest BCUT2D eigenvalue weighted by Gasteiger charge is 2.30. The van der Waals surface area contributed by atoms with E-state index in [0.29, 0.717) is 0 Å². The highest BCUT2D eigenvalue weighted by atomic mass is 16.5. The number of hydrogen-bond acceptors (Lipinski definition) is 4. The number of nitrogens with zero attached hydrogens (tertiary/aromatic N) is 3. The van der Waals surface area contributed by atoms with Crippen molar-refractivity contribution in [2.75, 3.05) is 60.0 Å². The first-order chi connectivity index (χ1) is 9.16. The molecule has 0 bridgehead atoms. The molecule has 5 nitrogen and oxygen atoms in total. The van der Waals surface area contributed by atoms with Crippen LogP contribution in [0.2, 0.25) is 0 Å². The lowest BCUT2D eigenvalue weighted by Crippen LogP contribution is -2.51. The number of piperazine rings is 1. The first-order valence-electron chi connectivity index (χ1n) is 7.44. The standard InChI is InChI=1S/C14H27N3O2/c1-15(2)6-4-7-16-8-10-17(11-9-16)14(18)13-5-3-12-19-13/h13H,3-12H2,1-2H3. The van der Waals surface area contributed by atoms with Crippen LogP contribution in [-0.4, -0.2) is 86.7 Å². The van der Waals surface area contributed by atoms with Crippen LogP contribution in [0, 0.1) is 0 Å². The highest BCUT2D eigenvalue weighted by molar-refractivity contribution is 5.81. The van der Waals surface area contributed by atoms with Crippen LogP contribution in [-0.2, 0) is 9.53 Å². The molecule has 0 aromatic heterocycles. The summed E-state index contributed by atoms with van der Waals surface area (Å²) in [5.41, 5.74) is 0. The van der Waals surface area contributed by atoms with Crippen LogP contribution in [0.25, 0.3) is 0 Å². The molecule has 110 valence electrons. The molecule has 0 aliphatic carbocycles. The lowest BCUT2D eigenvalue weighted by Gasteiger charge is -2.35. The average Bonchev–Trinajstić information content (AvgIpc) is 2.92. The second kappa shape index (κ2) is 7.22. The SMILES string of the molecule is CN(C)CCCN1CCN(C(=O)C2CCCO2)CC1. The van der Waals surface area contributed by atoms with E-state index in [1.807, 2.05) is 4.90 Å². The fraction of sp³-hybridized carbons (Fsp3) is 0.929. The van der Waals surface area contributed by atoms with Crippen molar-refractivity contribution in [3.05, 3.63) is 0 Å². The molecule has 1 amide bonds. The molecule has 2 fully saturated rings. The lowest BCUT2D eigenvalue weighted by molar-refractivity contribution is -0.142. The molecule has 0 aromatic carbocycles. The summed E-state index contributed by atoms with van der Waals surface area (Å²) in [5, 5.41) is 0. The van der Waals surface area contributed by atoms with Gasteiger partial charge in [0.15, 0.2) is 0 Å². The normalized spacial score (nSPS) is 25.2. The van der Waals surface area contributed by atoms with Gasteiger partial charge in [-0.3, -0.25) is 9.69 Å². The van der Waals surface area contributed by atoms with E-state index in [1.54, 1.807) is 0 Å². The number of amides is 1. The zero-order chi connectivity index (χ0) is 13.7. The van der Waals surface area contributed by atoms with Crippen LogP contribution in [0.1, 0.15) is 19.3 Å². The van der Waals surface area contributed by atoms with Crippen LogP contribution >= 0.6 is 0 Å². The zero-order valence-corrected chi connectivity index (χ0v) is 12.3. The Morgan fingerprint density at radius 2 is 2.00 bits per heavy atom. The van der Waals surface area contributed by atoms with Crippen molar-refractivity contribution in [1.29, 1.82) is 0 Å². The van der Waals surface area contributed by atoms with Gasteiger partial charge in [-0.25, -0.2) is 0 Å². The molecule has 2 saturated heterocycles. The summed E-state index contributed by atoms with van der Waals surface area (Å²) in [5.74, 6) is 0.213. The van der Waals surface area contributed by atoms with Crippen molar-refractivity contribution < 1.29 is 9.53 Å². The minimum atomic E-state index is -0.153. The molecule has 1 unspecified atom stereocenters. The zero-order valence-electron chi connectivity index (χ0n) is 12.3. The molecule has 2 aliphatic heterocycles. The van der Waals surface area contributed by atoms with E-state index in [0.717, 1.165) is 58.7 Å². The van der Waals surface area contributed by atoms with Crippen molar-refractivity contribution in [3.63, 3.8) is 0 Å². The smallest absolute Gasteiger partial charge is 0.251 e. The van der Waals surface area contributed by atoms with Crippen molar-refractivity contribution in [2.24, 2.45) is 0 Å². The van der Waals surface area contributed by atoms with Gasteiger partial charge in [-0.15, -0.1) is 0 Å². The van der Waals surface area contributed by atoms with Gasteiger partial charge in [0.25, 0.3) is 5.91 Å². The van der Waals surface area contributed by atoms with E-state index < -0.39 is 0 Å². The number of rotatable bonds is 5. The Kier molecular flexibility index (Phi) is 5.60. The van der Waals surface area contributed by atoms with E-state index >= 15 is 0 Å². The summed E-state index contributed by atoms with van der Waals surface area (Å²) in [6.07, 6.45) is 2.98. The van der Waals surface area contributed by atoms with Gasteiger partial charge < -0.3 is 14.5 Å². The second-order valence-electron chi connectivity index (χ2n) is 5.83. The van der Waals surface area contributed by atoms with Gasteiger partial charge in [0.1, 0.15) is 6.10 Å². The van der Waals surface area contributed by atoms with E-state index in [1.165, 1.54) is 6.42 Å². The maximum Gasteiger partial charge on any atom is 0.251 e. The number of carbonyl (C=O) groups excluding carboxylic acids is 1. The number of hydrogen-bond donors (Lipinski definition) is 0. The van der Waals surface area contributed by atoms with Gasteiger partial charge in [0, 0.05) is 32.8 Å². The van der Waals surface area contributed by atoms with Gasteiger partial charge in [-0.2, -0.15) is 0 Å². The fourth-order valence-corrected chi connectivity index (χ4v) is 2.78. The molecule has 0 N–H and O–H groups in total. The molecule has 0 radical (unpaired) electrons. The van der Waals surface area contributed by atoms with Crippen molar-refractivity contribution in [1.82, 2.24) is 14.7 Å². The van der Waals surface area contributed by atoms with Gasteiger partial charge in [0.2, 0.25) is 0 Å². The maximum atomic E-state index is 12.2. The molecule has 0 saturated carbocycles. The molecule has 2 rings (SSSR count). The van der Waals surface area contributed by atoms with Crippen molar-refractivity contribution >= 4 is 5.91 Å². The summed E-state index contributed by atoms with van der Waals surface area (Å²) in [4.78, 5) is 18.9. The van der Waals surface area contributed by atoms with Crippen LogP contribution in [0.3, 0.4) is 0 Å². The third-order valence-electron chi connectivity index (χ3n) is 3.97. The molecule has 19 heavy (non-hydrogen) atoms. The molecule has 2 aliphatic rings. The Bertz CT molecular complexity index is 282. The Labute approximate surface area is 116 Å². The predicted octanol–water partition coefficient (Wildman–Crippen LogP) is 0.261. The summed E-state index contributed by atoms with van der Waals surface area (Å²) in [6.45, 7) is 6.76. The monoisotopic (exact) mass is 269 g/mol. The van der Waals surface area contributed by atoms with Gasteiger partial charge >= 0.3 is 0 Å². The van der Waals surface area contributed by atoms with Gasteiger partial charge in [0.05, 0.1) is 0 Å². The summed E-state index contributed by atoms with van der Waals surface area (Å²) in [6, 6.07) is 0. The third kappa shape index (κ3) is 4.44. The molecule has 1 atom stereocenters. The largest absolute Gasteiger partial charge is 0.368 e. The Morgan fingerprint density at radius 1 is 1.26 bits per heavy atom. The van der Waals surface area contributed by atoms with E-state index in [2.05, 4.69) is 23.9 Å². The Hall–Kier alpha value is -0.650. The minimum Gasteiger partial charge on any atom is -0.368 e. The summed E-state index contributed by atoms with van der Waals surface area (Å²) in [7, 11) is 4.22. The Morgan fingerprint density at radius 3 is 2.58 bits per heavy atom. The Balaban J connectivity index is 1.65. The third-order valence-corrected chi connectivity index (χ3v) is 3.97. The van der Waals surface area contributed by atoms with Crippen LogP contribution in [0.15, 0.2) is 0 Å². The quantitative estimate of drug-likeness (QED) is 0.717. The summed E-state index contributed by atoms with van der Waals surface area (Å²) < 4.78 is 5.48. The minimum absolute atomic E-state index is 0.153. The van der Waals surface area contributed by atoms with E-state index in [9.17, 15) is 4.79 Å². The number of carbonyl (C=O) groups is 1. The first-order valence-corrected chi connectivity index (χ1v) is 7.44. The average molecular weight is 269 g/mol. The molecule has 5 heteroatoms. The van der Waals surface area contributed by atoms with Gasteiger partial charge in [-0.1, -0.05) is 0 Å². The fourth-order valence-electron chi connectivity index (χ4n) is 2.78. The lowest BCUT2D eigenvalue weighted by atomic mass is 10.2. The van der Waals surface area contributed by atoms with Crippen LogP contribution < -0.4 is 0 Å². The molecular formula is C14H27N3O2. The second-order valence-corrected chi connectivity index (χ2v) is 5.83. The van der Waals surface area contributed by atoms with E-state index in [-0.39, 0.29) is 12.0 Å². The maximum absolute atomic E-state index is 12.2. The molecule has 0 aromatic rings. The molecular weight excluding hydrogens is 242 g/mol. The number of ether oxygens (including phenoxy) is 1. The molecule has 2 heterocycles. The predicted molar refractivity (Wildman–Crippen MR) is 75.2 cm³/mol. The summed E-state index contributed by atoms with van der Waals surface area (Å²) >= 11 is 0. The van der Waals surface area contributed by atoms with Crippen LogP contribution in [0.5, 0.6) is 0 Å². The molecule has 0 spiro atoms. The van der Waals surface area contributed by atoms with Crippen LogP contribution in [0.4, 0.5) is 0 Å². The van der Waals surface area contributed by atoms with E-state index in [4.69, 9.17) is 4.74 Å². The first kappa shape index (κ1) is 14.8. The topological polar surface area (TPSA) is 36.0 Å². The van der Waals surface area contributed by atoms with Gasteiger partial charge in [-0.05, 0) is 46.4 Å². The van der Waals surface area contributed by atoms with Crippen molar-refractivity contribution in [2.45, 2.75) is 25.4 Å². The highest BCUT2D eigenvalue weighted by Crippen LogP contribution is 2.16.